The predicted octanol–water partition coefficient (Wildman–Crippen LogP) is 4.31. The Balaban J connectivity index is 1.45. The number of hydrogen-bond acceptors (Lipinski definition) is 4. The summed E-state index contributed by atoms with van der Waals surface area (Å²) >= 11 is 0. The highest BCUT2D eigenvalue weighted by atomic mass is 32.2. The van der Waals surface area contributed by atoms with Crippen molar-refractivity contribution in [1.82, 2.24) is 8.87 Å². The Morgan fingerprint density at radius 3 is 2.36 bits per heavy atom. The maximum Gasteiger partial charge on any atom is 0.243 e. The maximum absolute atomic E-state index is 13.2. The van der Waals surface area contributed by atoms with Crippen LogP contribution < -0.4 is 5.32 Å². The summed E-state index contributed by atoms with van der Waals surface area (Å²) in [6.07, 6.45) is 2.62. The molecule has 1 aliphatic heterocycles. The van der Waals surface area contributed by atoms with E-state index in [1.54, 1.807) is 24.4 Å². The summed E-state index contributed by atoms with van der Waals surface area (Å²) < 4.78 is 29.7. The van der Waals surface area contributed by atoms with Crippen molar-refractivity contribution in [3.05, 3.63) is 60.3 Å². The lowest BCUT2D eigenvalue weighted by Crippen LogP contribution is -2.41. The number of carbonyl (C=O) groups is 1. The second kappa shape index (κ2) is 8.65. The molecule has 0 aliphatic carbocycles. The summed E-state index contributed by atoms with van der Waals surface area (Å²) in [7, 11) is -3.63. The van der Waals surface area contributed by atoms with Crippen molar-refractivity contribution in [2.45, 2.75) is 44.0 Å². The number of aromatic nitrogens is 1. The van der Waals surface area contributed by atoms with Crippen molar-refractivity contribution in [3.8, 4) is 6.07 Å². The molecule has 33 heavy (non-hydrogen) atoms. The molecule has 3 aromatic rings. The van der Waals surface area contributed by atoms with Gasteiger partial charge in [-0.1, -0.05) is 30.3 Å². The average Bonchev–Trinajstić information content (AvgIpc) is 3.22. The first-order chi connectivity index (χ1) is 15.6. The largest absolute Gasteiger partial charge is 0.328 e. The highest BCUT2D eigenvalue weighted by Crippen LogP contribution is 2.28. The van der Waals surface area contributed by atoms with Crippen LogP contribution >= 0.6 is 0 Å². The summed E-state index contributed by atoms with van der Waals surface area (Å²) in [6.45, 7) is 6.58. The highest BCUT2D eigenvalue weighted by molar-refractivity contribution is 7.89. The van der Waals surface area contributed by atoms with Gasteiger partial charge in [0.2, 0.25) is 15.9 Å². The fourth-order valence-corrected chi connectivity index (χ4v) is 5.74. The molecule has 0 saturated carbocycles. The molecule has 2 heterocycles. The minimum atomic E-state index is -3.63. The van der Waals surface area contributed by atoms with Gasteiger partial charge in [0.25, 0.3) is 0 Å². The minimum Gasteiger partial charge on any atom is -0.328 e. The van der Waals surface area contributed by atoms with Crippen LogP contribution in [-0.2, 0) is 20.4 Å². The molecule has 7 nitrogen and oxygen atoms in total. The number of hydrogen-bond donors (Lipinski definition) is 1. The van der Waals surface area contributed by atoms with Crippen LogP contribution in [0.15, 0.2) is 59.6 Å². The van der Waals surface area contributed by atoms with Crippen molar-refractivity contribution in [2.24, 2.45) is 5.92 Å². The Morgan fingerprint density at radius 1 is 1.06 bits per heavy atom. The normalized spacial score (nSPS) is 15.9. The highest BCUT2D eigenvalue weighted by Gasteiger charge is 2.33. The van der Waals surface area contributed by atoms with E-state index < -0.39 is 10.0 Å². The Morgan fingerprint density at radius 2 is 1.73 bits per heavy atom. The van der Waals surface area contributed by atoms with Crippen LogP contribution in [0.3, 0.4) is 0 Å². The number of fused-ring (bicyclic) bond motifs is 1. The van der Waals surface area contributed by atoms with E-state index in [0.29, 0.717) is 24.2 Å². The van der Waals surface area contributed by atoms with Crippen LogP contribution in [-0.4, -0.2) is 36.3 Å². The van der Waals surface area contributed by atoms with Crippen LogP contribution in [0.2, 0.25) is 0 Å². The third-order valence-electron chi connectivity index (χ3n) is 6.11. The number of sulfonamides is 1. The van der Waals surface area contributed by atoms with E-state index in [9.17, 15) is 18.5 Å². The number of nitrogens with one attached hydrogen (secondary N) is 1. The first-order valence-electron chi connectivity index (χ1n) is 11.0. The molecule has 2 aromatic carbocycles. The summed E-state index contributed by atoms with van der Waals surface area (Å²) in [4.78, 5) is 13.2. The van der Waals surface area contributed by atoms with Crippen molar-refractivity contribution in [1.29, 1.82) is 5.26 Å². The van der Waals surface area contributed by atoms with Crippen LogP contribution in [0.4, 0.5) is 5.82 Å². The van der Waals surface area contributed by atoms with Crippen LogP contribution in [0.25, 0.3) is 10.8 Å². The van der Waals surface area contributed by atoms with Gasteiger partial charge in [-0.2, -0.15) is 9.57 Å². The topological polar surface area (TPSA) is 95.2 Å². The lowest BCUT2D eigenvalue weighted by Gasteiger charge is -2.31. The van der Waals surface area contributed by atoms with Crippen LogP contribution in [0.5, 0.6) is 0 Å². The second-order valence-corrected chi connectivity index (χ2v) is 11.4. The second-order valence-electron chi connectivity index (χ2n) is 9.44. The zero-order chi connectivity index (χ0) is 23.8. The van der Waals surface area contributed by atoms with Gasteiger partial charge in [0.1, 0.15) is 11.9 Å². The molecule has 0 unspecified atom stereocenters. The number of nitrogens with zero attached hydrogens (tertiary/aromatic N) is 3. The zero-order valence-electron chi connectivity index (χ0n) is 19.1. The van der Waals surface area contributed by atoms with Gasteiger partial charge in [0, 0.05) is 30.7 Å². The fraction of sp³-hybridized carbons (Fsp3) is 0.360. The number of nitriles is 1. The molecule has 0 atom stereocenters. The molecule has 1 amide bonds. The quantitative estimate of drug-likeness (QED) is 0.622. The molecule has 172 valence electrons. The number of rotatable bonds is 4. The van der Waals surface area contributed by atoms with E-state index in [2.05, 4.69) is 11.4 Å². The minimum absolute atomic E-state index is 0.147. The first kappa shape index (κ1) is 23.0. The molecule has 1 saturated heterocycles. The lowest BCUT2D eigenvalue weighted by molar-refractivity contribution is -0.121. The van der Waals surface area contributed by atoms with E-state index in [1.165, 1.54) is 4.31 Å². The van der Waals surface area contributed by atoms with Gasteiger partial charge < -0.3 is 9.88 Å². The van der Waals surface area contributed by atoms with E-state index in [0.717, 1.165) is 10.8 Å². The molecule has 1 aliphatic rings. The molecule has 0 spiro atoms. The Labute approximate surface area is 194 Å². The van der Waals surface area contributed by atoms with Crippen molar-refractivity contribution in [3.63, 3.8) is 0 Å². The molecule has 1 fully saturated rings. The average molecular weight is 465 g/mol. The van der Waals surface area contributed by atoms with Gasteiger partial charge >= 0.3 is 0 Å². The summed E-state index contributed by atoms with van der Waals surface area (Å²) in [6, 6.07) is 16.6. The zero-order valence-corrected chi connectivity index (χ0v) is 19.9. The molecule has 8 heteroatoms. The monoisotopic (exact) mass is 464 g/mol. The van der Waals surface area contributed by atoms with E-state index in [-0.39, 0.29) is 35.3 Å². The third-order valence-corrected chi connectivity index (χ3v) is 8.00. The molecule has 0 radical (unpaired) electrons. The van der Waals surface area contributed by atoms with E-state index in [4.69, 9.17) is 0 Å². The summed E-state index contributed by atoms with van der Waals surface area (Å²) in [5.74, 6) is 0.142. The standard InChI is InChI=1S/C25H28N4O3S/c1-25(2,3)29-17-18(16-26)14-23(29)27-24(30)20-10-12-28(13-11-20)33(31,32)22-9-8-19-6-4-5-7-21(19)15-22/h4-9,14-15,17,20H,10-13H2,1-3H3,(H,27,30). The van der Waals surface area contributed by atoms with Crippen LogP contribution in [0, 0.1) is 17.2 Å². The van der Waals surface area contributed by atoms with Gasteiger partial charge in [-0.05, 0) is 62.6 Å². The van der Waals surface area contributed by atoms with Crippen molar-refractivity contribution >= 4 is 32.5 Å². The van der Waals surface area contributed by atoms with E-state index in [1.807, 2.05) is 55.7 Å². The summed E-state index contributed by atoms with van der Waals surface area (Å²) in [5, 5.41) is 14.1. The summed E-state index contributed by atoms with van der Waals surface area (Å²) in [5.41, 5.74) is 0.186. The van der Waals surface area contributed by atoms with Gasteiger partial charge in [0.15, 0.2) is 0 Å². The van der Waals surface area contributed by atoms with E-state index >= 15 is 0 Å². The number of anilines is 1. The Kier molecular flexibility index (Phi) is 6.04. The Bertz CT molecular complexity index is 1340. The lowest BCUT2D eigenvalue weighted by atomic mass is 9.97. The molecule has 1 N–H and O–H groups in total. The molecular weight excluding hydrogens is 436 g/mol. The SMILES string of the molecule is CC(C)(C)n1cc(C#N)cc1NC(=O)C1CCN(S(=O)(=O)c2ccc3ccccc3c2)CC1. The van der Waals surface area contributed by atoms with Gasteiger partial charge in [0.05, 0.1) is 10.5 Å². The Hall–Kier alpha value is -3.15. The van der Waals surface area contributed by atoms with Gasteiger partial charge in [-0.15, -0.1) is 0 Å². The van der Waals surface area contributed by atoms with Crippen molar-refractivity contribution < 1.29 is 13.2 Å². The molecule has 4 rings (SSSR count). The smallest absolute Gasteiger partial charge is 0.243 e. The van der Waals surface area contributed by atoms with Crippen LogP contribution in [0.1, 0.15) is 39.2 Å². The van der Waals surface area contributed by atoms with Crippen molar-refractivity contribution in [2.75, 3.05) is 18.4 Å². The number of carbonyl (C=O) groups excluding carboxylic acids is 1. The third kappa shape index (κ3) is 4.65. The predicted molar refractivity (Wildman–Crippen MR) is 128 cm³/mol. The number of benzene rings is 2. The van der Waals surface area contributed by atoms with Gasteiger partial charge in [-0.3, -0.25) is 4.79 Å². The van der Waals surface area contributed by atoms with Gasteiger partial charge in [-0.25, -0.2) is 8.42 Å². The maximum atomic E-state index is 13.2. The first-order valence-corrected chi connectivity index (χ1v) is 12.5. The fourth-order valence-electron chi connectivity index (χ4n) is 4.24. The molecule has 1 aromatic heterocycles. The number of piperidine rings is 1. The number of amides is 1. The molecular formula is C25H28N4O3S. The molecule has 0 bridgehead atoms.